The zero-order chi connectivity index (χ0) is 20.8. The van der Waals surface area contributed by atoms with Gasteiger partial charge in [0.15, 0.2) is 0 Å². The van der Waals surface area contributed by atoms with Crippen LogP contribution >= 0.6 is 27.3 Å². The van der Waals surface area contributed by atoms with Gasteiger partial charge < -0.3 is 14.8 Å². The monoisotopic (exact) mass is 471 g/mol. The van der Waals surface area contributed by atoms with Crippen LogP contribution in [0.4, 0.5) is 5.00 Å². The number of hydrogen-bond donors (Lipinski definition) is 1. The van der Waals surface area contributed by atoms with Gasteiger partial charge in [0, 0.05) is 19.2 Å². The standard InChI is InChI=1S/C18H22BrN3O5S/c1-5-26-18(25)15-11(4)14(17(24)27-10(2)3)16(28-15)21-13(23)6-7-22-9-12(19)8-20-22/h8-10H,5-7H2,1-4H3,(H,21,23). The molecule has 0 atom stereocenters. The van der Waals surface area contributed by atoms with Gasteiger partial charge in [-0.25, -0.2) is 9.59 Å². The SMILES string of the molecule is CCOC(=O)c1sc(NC(=O)CCn2cc(Br)cn2)c(C(=O)OC(C)C)c1C. The van der Waals surface area contributed by atoms with E-state index in [9.17, 15) is 14.4 Å². The maximum atomic E-state index is 12.5. The second-order valence-electron chi connectivity index (χ2n) is 6.15. The Bertz CT molecular complexity index is 875. The molecular formula is C18H22BrN3O5S. The lowest BCUT2D eigenvalue weighted by molar-refractivity contribution is -0.116. The van der Waals surface area contributed by atoms with Crippen molar-refractivity contribution < 1.29 is 23.9 Å². The number of hydrogen-bond acceptors (Lipinski definition) is 7. The van der Waals surface area contributed by atoms with Crippen LogP contribution in [0.5, 0.6) is 0 Å². The number of nitrogens with one attached hydrogen (secondary N) is 1. The summed E-state index contributed by atoms with van der Waals surface area (Å²) in [4.78, 5) is 37.3. The number of anilines is 1. The Labute approximate surface area is 175 Å². The van der Waals surface area contributed by atoms with Crippen LogP contribution in [0.15, 0.2) is 16.9 Å². The molecule has 8 nitrogen and oxygen atoms in total. The number of aromatic nitrogens is 2. The predicted molar refractivity (Wildman–Crippen MR) is 109 cm³/mol. The lowest BCUT2D eigenvalue weighted by Crippen LogP contribution is -2.18. The van der Waals surface area contributed by atoms with Gasteiger partial charge in [-0.2, -0.15) is 5.10 Å². The van der Waals surface area contributed by atoms with E-state index in [4.69, 9.17) is 9.47 Å². The van der Waals surface area contributed by atoms with Crippen molar-refractivity contribution in [1.82, 2.24) is 9.78 Å². The van der Waals surface area contributed by atoms with E-state index in [0.29, 0.717) is 12.1 Å². The molecule has 0 aromatic carbocycles. The molecule has 1 N–H and O–H groups in total. The van der Waals surface area contributed by atoms with Crippen molar-refractivity contribution in [3.05, 3.63) is 32.9 Å². The van der Waals surface area contributed by atoms with E-state index in [1.54, 1.807) is 44.8 Å². The Kier molecular flexibility index (Phi) is 7.76. The van der Waals surface area contributed by atoms with Crippen LogP contribution < -0.4 is 5.32 Å². The lowest BCUT2D eigenvalue weighted by atomic mass is 10.1. The quantitative estimate of drug-likeness (QED) is 0.587. The largest absolute Gasteiger partial charge is 0.462 e. The first kappa shape index (κ1) is 22.1. The average molecular weight is 472 g/mol. The summed E-state index contributed by atoms with van der Waals surface area (Å²) in [5.74, 6) is -1.43. The van der Waals surface area contributed by atoms with Gasteiger partial charge in [0.1, 0.15) is 9.88 Å². The van der Waals surface area contributed by atoms with Gasteiger partial charge in [0.2, 0.25) is 5.91 Å². The first-order valence-electron chi connectivity index (χ1n) is 8.72. The molecule has 1 amide bonds. The molecular weight excluding hydrogens is 450 g/mol. The Morgan fingerprint density at radius 1 is 1.32 bits per heavy atom. The summed E-state index contributed by atoms with van der Waals surface area (Å²) < 4.78 is 12.8. The summed E-state index contributed by atoms with van der Waals surface area (Å²) >= 11 is 4.30. The van der Waals surface area contributed by atoms with E-state index in [-0.39, 0.29) is 40.5 Å². The number of amides is 1. The fourth-order valence-corrected chi connectivity index (χ4v) is 3.81. The number of thiophene rings is 1. The highest BCUT2D eigenvalue weighted by molar-refractivity contribution is 9.10. The predicted octanol–water partition coefficient (Wildman–Crippen LogP) is 3.79. The number of ether oxygens (including phenoxy) is 2. The number of aryl methyl sites for hydroxylation is 1. The van der Waals surface area contributed by atoms with E-state index < -0.39 is 11.9 Å². The van der Waals surface area contributed by atoms with Crippen molar-refractivity contribution in [2.24, 2.45) is 0 Å². The summed E-state index contributed by atoms with van der Waals surface area (Å²) in [6, 6.07) is 0. The highest BCUT2D eigenvalue weighted by Gasteiger charge is 2.27. The number of rotatable bonds is 8. The molecule has 0 unspecified atom stereocenters. The van der Waals surface area contributed by atoms with Crippen molar-refractivity contribution in [3.63, 3.8) is 0 Å². The Balaban J connectivity index is 2.22. The molecule has 0 radical (unpaired) electrons. The molecule has 0 aliphatic rings. The number of nitrogens with zero attached hydrogens (tertiary/aromatic N) is 2. The van der Waals surface area contributed by atoms with Crippen molar-refractivity contribution in [1.29, 1.82) is 0 Å². The zero-order valence-electron chi connectivity index (χ0n) is 16.1. The third kappa shape index (κ3) is 5.65. The summed E-state index contributed by atoms with van der Waals surface area (Å²) in [6.45, 7) is 7.38. The van der Waals surface area contributed by atoms with Gasteiger partial charge in [-0.05, 0) is 49.2 Å². The third-order valence-corrected chi connectivity index (χ3v) is 5.17. The van der Waals surface area contributed by atoms with Crippen LogP contribution in [0, 0.1) is 6.92 Å². The Hall–Kier alpha value is -2.20. The molecule has 0 spiro atoms. The smallest absolute Gasteiger partial charge is 0.348 e. The fraction of sp³-hybridized carbons (Fsp3) is 0.444. The Morgan fingerprint density at radius 2 is 2.04 bits per heavy atom. The minimum absolute atomic E-state index is 0.151. The number of esters is 2. The average Bonchev–Trinajstić information content (AvgIpc) is 3.16. The van der Waals surface area contributed by atoms with Crippen molar-refractivity contribution in [2.45, 2.75) is 46.8 Å². The minimum atomic E-state index is -0.592. The van der Waals surface area contributed by atoms with E-state index in [2.05, 4.69) is 26.3 Å². The molecule has 10 heteroatoms. The summed E-state index contributed by atoms with van der Waals surface area (Å²) in [6.07, 6.45) is 3.21. The van der Waals surface area contributed by atoms with E-state index in [1.165, 1.54) is 0 Å². The van der Waals surface area contributed by atoms with E-state index in [0.717, 1.165) is 15.8 Å². The van der Waals surface area contributed by atoms with E-state index >= 15 is 0 Å². The molecule has 0 aliphatic carbocycles. The zero-order valence-corrected chi connectivity index (χ0v) is 18.5. The molecule has 2 aromatic rings. The van der Waals surface area contributed by atoms with Gasteiger partial charge in [0.05, 0.1) is 28.9 Å². The van der Waals surface area contributed by atoms with Gasteiger partial charge >= 0.3 is 11.9 Å². The van der Waals surface area contributed by atoms with Crippen LogP contribution in [-0.4, -0.2) is 40.3 Å². The van der Waals surface area contributed by atoms with Crippen molar-refractivity contribution in [2.75, 3.05) is 11.9 Å². The second kappa shape index (κ2) is 9.83. The first-order valence-corrected chi connectivity index (χ1v) is 10.3. The maximum Gasteiger partial charge on any atom is 0.348 e. The third-order valence-electron chi connectivity index (χ3n) is 3.58. The van der Waals surface area contributed by atoms with Gasteiger partial charge in [0.25, 0.3) is 0 Å². The van der Waals surface area contributed by atoms with Crippen LogP contribution in [0.3, 0.4) is 0 Å². The molecule has 0 saturated carbocycles. The molecule has 0 fully saturated rings. The molecule has 0 bridgehead atoms. The number of carbonyl (C=O) groups is 3. The molecule has 0 aliphatic heterocycles. The molecule has 2 aromatic heterocycles. The molecule has 2 heterocycles. The van der Waals surface area contributed by atoms with Crippen LogP contribution in [0.1, 0.15) is 52.8 Å². The summed E-state index contributed by atoms with van der Waals surface area (Å²) in [5, 5.41) is 7.09. The maximum absolute atomic E-state index is 12.5. The molecule has 28 heavy (non-hydrogen) atoms. The van der Waals surface area contributed by atoms with Crippen LogP contribution in [0.2, 0.25) is 0 Å². The molecule has 152 valence electrons. The summed E-state index contributed by atoms with van der Waals surface area (Å²) in [7, 11) is 0. The highest BCUT2D eigenvalue weighted by Crippen LogP contribution is 2.34. The van der Waals surface area contributed by atoms with Crippen LogP contribution in [-0.2, 0) is 20.8 Å². The first-order chi connectivity index (χ1) is 13.2. The number of carbonyl (C=O) groups excluding carboxylic acids is 3. The van der Waals surface area contributed by atoms with Crippen molar-refractivity contribution >= 4 is 50.1 Å². The minimum Gasteiger partial charge on any atom is -0.462 e. The molecule has 0 saturated heterocycles. The van der Waals surface area contributed by atoms with Gasteiger partial charge in [-0.3, -0.25) is 9.48 Å². The normalized spacial score (nSPS) is 10.8. The number of halogens is 1. The van der Waals surface area contributed by atoms with E-state index in [1.807, 2.05) is 0 Å². The fourth-order valence-electron chi connectivity index (χ4n) is 2.38. The summed E-state index contributed by atoms with van der Waals surface area (Å²) in [5.41, 5.74) is 0.609. The van der Waals surface area contributed by atoms with Gasteiger partial charge in [-0.1, -0.05) is 0 Å². The van der Waals surface area contributed by atoms with Crippen molar-refractivity contribution in [3.8, 4) is 0 Å². The Morgan fingerprint density at radius 3 is 2.61 bits per heavy atom. The second-order valence-corrected chi connectivity index (χ2v) is 8.09. The van der Waals surface area contributed by atoms with Gasteiger partial charge in [-0.15, -0.1) is 11.3 Å². The molecule has 2 rings (SSSR count). The lowest BCUT2D eigenvalue weighted by Gasteiger charge is -2.10. The highest BCUT2D eigenvalue weighted by atomic mass is 79.9. The van der Waals surface area contributed by atoms with Crippen LogP contribution in [0.25, 0.3) is 0 Å². The topological polar surface area (TPSA) is 99.5 Å².